The number of aliphatic hydroxyl groups is 1. The quantitative estimate of drug-likeness (QED) is 0.356. The molecule has 7 nitrogen and oxygen atoms in total. The van der Waals surface area contributed by atoms with Crippen LogP contribution in [0, 0.1) is 0 Å². The molecule has 2 aromatic carbocycles. The fourth-order valence-corrected chi connectivity index (χ4v) is 6.68. The van der Waals surface area contributed by atoms with Crippen molar-refractivity contribution in [1.29, 1.82) is 0 Å². The lowest BCUT2D eigenvalue weighted by Crippen LogP contribution is -2.48. The molecule has 0 radical (unpaired) electrons. The molecule has 3 rings (SSSR count). The van der Waals surface area contributed by atoms with Crippen LogP contribution in [0.2, 0.25) is 0 Å². The van der Waals surface area contributed by atoms with Crippen molar-refractivity contribution in [3.63, 3.8) is 0 Å². The third kappa shape index (κ3) is 9.22. The molecule has 198 valence electrons. The summed E-state index contributed by atoms with van der Waals surface area (Å²) in [5.74, 6) is 0.579. The average molecular weight is 517 g/mol. The Bertz CT molecular complexity index is 1040. The largest absolute Gasteiger partial charge is 0.497 e. The van der Waals surface area contributed by atoms with Crippen LogP contribution in [0.4, 0.5) is 0 Å². The first-order valence-electron chi connectivity index (χ1n) is 12.9. The van der Waals surface area contributed by atoms with Crippen molar-refractivity contribution in [3.05, 3.63) is 65.7 Å². The number of rotatable bonds is 14. The Kier molecular flexibility index (Phi) is 11.2. The standard InChI is InChI=1S/C28H40N2O5S/c1-35-24-13-8-12-23(18-24)20-29-21-27(31)26(19-22-10-4-2-5-11-22)30-28(32)16-9-17-36(33,34)25-14-6-3-7-15-25/h2,4-5,8,10-13,18,25-27,29,31H,3,6-7,9,14-17,19-21H2,1H3,(H,30,32)/t26-,27+/m0/s1. The minimum Gasteiger partial charge on any atom is -0.497 e. The van der Waals surface area contributed by atoms with Crippen molar-refractivity contribution in [2.45, 2.75) is 75.3 Å². The predicted octanol–water partition coefficient (Wildman–Crippen LogP) is 3.40. The van der Waals surface area contributed by atoms with E-state index in [-0.39, 0.29) is 23.3 Å². The monoisotopic (exact) mass is 516 g/mol. The Labute approximate surface area is 215 Å². The molecule has 0 bridgehead atoms. The minimum atomic E-state index is -3.16. The highest BCUT2D eigenvalue weighted by atomic mass is 32.2. The van der Waals surface area contributed by atoms with Crippen LogP contribution in [0.1, 0.15) is 56.1 Å². The smallest absolute Gasteiger partial charge is 0.220 e. The maximum Gasteiger partial charge on any atom is 0.220 e. The van der Waals surface area contributed by atoms with E-state index in [0.29, 0.717) is 25.9 Å². The summed E-state index contributed by atoms with van der Waals surface area (Å²) in [6, 6.07) is 16.9. The van der Waals surface area contributed by atoms with E-state index in [1.807, 2.05) is 54.6 Å². The summed E-state index contributed by atoms with van der Waals surface area (Å²) in [6.07, 6.45) is 4.61. The van der Waals surface area contributed by atoms with E-state index in [2.05, 4.69) is 10.6 Å². The number of amides is 1. The molecule has 36 heavy (non-hydrogen) atoms. The number of methoxy groups -OCH3 is 1. The fourth-order valence-electron chi connectivity index (χ4n) is 4.74. The number of carbonyl (C=O) groups is 1. The average Bonchev–Trinajstić information content (AvgIpc) is 2.89. The topological polar surface area (TPSA) is 105 Å². The van der Waals surface area contributed by atoms with Gasteiger partial charge < -0.3 is 20.5 Å². The van der Waals surface area contributed by atoms with Gasteiger partial charge in [-0.05, 0) is 48.9 Å². The third-order valence-electron chi connectivity index (χ3n) is 6.82. The molecule has 0 heterocycles. The second-order valence-electron chi connectivity index (χ2n) is 9.64. The van der Waals surface area contributed by atoms with Crippen LogP contribution in [0.15, 0.2) is 54.6 Å². The van der Waals surface area contributed by atoms with E-state index in [0.717, 1.165) is 49.0 Å². The number of sulfone groups is 1. The number of carbonyl (C=O) groups excluding carboxylic acids is 1. The molecule has 0 spiro atoms. The van der Waals surface area contributed by atoms with Gasteiger partial charge in [0.2, 0.25) is 5.91 Å². The first-order chi connectivity index (χ1) is 17.4. The molecule has 1 aliphatic carbocycles. The van der Waals surface area contributed by atoms with Crippen LogP contribution in [0.25, 0.3) is 0 Å². The van der Waals surface area contributed by atoms with E-state index in [4.69, 9.17) is 4.74 Å². The molecule has 0 aliphatic heterocycles. The van der Waals surface area contributed by atoms with Gasteiger partial charge >= 0.3 is 0 Å². The maximum absolute atomic E-state index is 12.7. The van der Waals surface area contributed by atoms with Gasteiger partial charge in [-0.1, -0.05) is 61.7 Å². The Morgan fingerprint density at radius 3 is 2.50 bits per heavy atom. The van der Waals surface area contributed by atoms with Crippen LogP contribution in [0.5, 0.6) is 5.75 Å². The van der Waals surface area contributed by atoms with Crippen LogP contribution in [-0.2, 0) is 27.6 Å². The molecule has 1 aliphatic rings. The van der Waals surface area contributed by atoms with E-state index in [1.165, 1.54) is 0 Å². The molecule has 1 saturated carbocycles. The number of benzene rings is 2. The lowest BCUT2D eigenvalue weighted by molar-refractivity contribution is -0.122. The molecule has 1 fully saturated rings. The lowest BCUT2D eigenvalue weighted by Gasteiger charge is -2.25. The van der Waals surface area contributed by atoms with Crippen molar-refractivity contribution >= 4 is 15.7 Å². The number of ether oxygens (including phenoxy) is 1. The molecule has 0 saturated heterocycles. The molecule has 2 aromatic rings. The van der Waals surface area contributed by atoms with Gasteiger partial charge in [-0.3, -0.25) is 4.79 Å². The number of nitrogens with one attached hydrogen (secondary N) is 2. The molecular weight excluding hydrogens is 476 g/mol. The van der Waals surface area contributed by atoms with Gasteiger partial charge in [-0.2, -0.15) is 0 Å². The Morgan fingerprint density at radius 2 is 1.78 bits per heavy atom. The molecule has 0 aromatic heterocycles. The van der Waals surface area contributed by atoms with Crippen molar-refractivity contribution in [2.75, 3.05) is 19.4 Å². The van der Waals surface area contributed by atoms with Crippen LogP contribution < -0.4 is 15.4 Å². The van der Waals surface area contributed by atoms with Crippen LogP contribution in [0.3, 0.4) is 0 Å². The van der Waals surface area contributed by atoms with E-state index >= 15 is 0 Å². The SMILES string of the molecule is COc1cccc(CNC[C@@H](O)[C@H](Cc2ccccc2)NC(=O)CCCS(=O)(=O)C2CCCCC2)c1. The second kappa shape index (κ2) is 14.4. The summed E-state index contributed by atoms with van der Waals surface area (Å²) in [6.45, 7) is 0.852. The first-order valence-corrected chi connectivity index (χ1v) is 14.7. The van der Waals surface area contributed by atoms with E-state index in [1.54, 1.807) is 7.11 Å². The van der Waals surface area contributed by atoms with E-state index < -0.39 is 22.0 Å². The zero-order chi connectivity index (χ0) is 25.8. The van der Waals surface area contributed by atoms with Gasteiger partial charge in [0, 0.05) is 19.5 Å². The van der Waals surface area contributed by atoms with Crippen LogP contribution >= 0.6 is 0 Å². The summed E-state index contributed by atoms with van der Waals surface area (Å²) >= 11 is 0. The summed E-state index contributed by atoms with van der Waals surface area (Å²) < 4.78 is 30.5. The van der Waals surface area contributed by atoms with Crippen molar-refractivity contribution in [3.8, 4) is 5.75 Å². The summed E-state index contributed by atoms with van der Waals surface area (Å²) in [4.78, 5) is 12.7. The Balaban J connectivity index is 1.52. The van der Waals surface area contributed by atoms with Gasteiger partial charge in [0.05, 0.1) is 30.3 Å². The molecule has 8 heteroatoms. The van der Waals surface area contributed by atoms with Crippen molar-refractivity contribution in [2.24, 2.45) is 0 Å². The maximum atomic E-state index is 12.7. The molecule has 0 unspecified atom stereocenters. The van der Waals surface area contributed by atoms with Crippen molar-refractivity contribution < 1.29 is 23.1 Å². The first kappa shape index (κ1) is 28.2. The predicted molar refractivity (Wildman–Crippen MR) is 143 cm³/mol. The summed E-state index contributed by atoms with van der Waals surface area (Å²) in [7, 11) is -1.54. The molecular formula is C28H40N2O5S. The highest BCUT2D eigenvalue weighted by Gasteiger charge is 2.27. The zero-order valence-electron chi connectivity index (χ0n) is 21.2. The normalized spacial score (nSPS) is 16.3. The summed E-state index contributed by atoms with van der Waals surface area (Å²) in [5.41, 5.74) is 2.04. The highest BCUT2D eigenvalue weighted by Crippen LogP contribution is 2.24. The van der Waals surface area contributed by atoms with E-state index in [9.17, 15) is 18.3 Å². The van der Waals surface area contributed by atoms with Gasteiger partial charge in [0.25, 0.3) is 0 Å². The Hall–Kier alpha value is -2.42. The lowest BCUT2D eigenvalue weighted by atomic mass is 10.0. The molecule has 1 amide bonds. The zero-order valence-corrected chi connectivity index (χ0v) is 22.0. The van der Waals surface area contributed by atoms with Crippen molar-refractivity contribution in [1.82, 2.24) is 10.6 Å². The minimum absolute atomic E-state index is 0.0408. The molecule has 3 N–H and O–H groups in total. The number of hydrogen-bond acceptors (Lipinski definition) is 6. The summed E-state index contributed by atoms with van der Waals surface area (Å²) in [5, 5.41) is 16.9. The Morgan fingerprint density at radius 1 is 1.06 bits per heavy atom. The van der Waals surface area contributed by atoms with Crippen LogP contribution in [-0.4, -0.2) is 56.2 Å². The third-order valence-corrected chi connectivity index (χ3v) is 9.16. The number of hydrogen-bond donors (Lipinski definition) is 3. The highest BCUT2D eigenvalue weighted by molar-refractivity contribution is 7.92. The second-order valence-corrected chi connectivity index (χ2v) is 12.0. The fraction of sp³-hybridized carbons (Fsp3) is 0.536. The van der Waals surface area contributed by atoms with Gasteiger partial charge in [0.15, 0.2) is 9.84 Å². The number of aliphatic hydroxyl groups excluding tert-OH is 1. The van der Waals surface area contributed by atoms with Gasteiger partial charge in [-0.15, -0.1) is 0 Å². The van der Waals surface area contributed by atoms with Gasteiger partial charge in [-0.25, -0.2) is 8.42 Å². The molecule has 2 atom stereocenters. The van der Waals surface area contributed by atoms with Gasteiger partial charge in [0.1, 0.15) is 5.75 Å².